The first-order valence-electron chi connectivity index (χ1n) is 13.8. The molecule has 0 radical (unpaired) electrons. The number of carbonyl (C=O) groups is 1. The van der Waals surface area contributed by atoms with Gasteiger partial charge >= 0.3 is 0 Å². The van der Waals surface area contributed by atoms with Crippen LogP contribution in [0.25, 0.3) is 0 Å². The van der Waals surface area contributed by atoms with Gasteiger partial charge in [-0.15, -0.1) is 0 Å². The lowest BCUT2D eigenvalue weighted by Crippen LogP contribution is -2.43. The van der Waals surface area contributed by atoms with Crippen molar-refractivity contribution in [1.82, 2.24) is 9.80 Å². The van der Waals surface area contributed by atoms with Crippen LogP contribution in [0.4, 0.5) is 0 Å². The Kier molecular flexibility index (Phi) is 9.94. The molecule has 37 heavy (non-hydrogen) atoms. The normalized spacial score (nSPS) is 18.7. The lowest BCUT2D eigenvalue weighted by molar-refractivity contribution is -0.132. The third kappa shape index (κ3) is 7.10. The summed E-state index contributed by atoms with van der Waals surface area (Å²) in [5, 5.41) is 0. The van der Waals surface area contributed by atoms with Crippen LogP contribution in [0, 0.1) is 0 Å². The van der Waals surface area contributed by atoms with Crippen molar-refractivity contribution in [3.63, 3.8) is 0 Å². The van der Waals surface area contributed by atoms with E-state index >= 15 is 0 Å². The largest absolute Gasteiger partial charge is 0.493 e. The topological polar surface area (TPSA) is 60.5 Å². The number of hydrogen-bond donors (Lipinski definition) is 0. The highest BCUT2D eigenvalue weighted by Crippen LogP contribution is 2.39. The smallest absolute Gasteiger partial charge is 0.236 e. The second kappa shape index (κ2) is 13.6. The third-order valence-electron chi connectivity index (χ3n) is 7.43. The number of methoxy groups -OCH3 is 1. The van der Waals surface area contributed by atoms with Crippen molar-refractivity contribution in [3.8, 4) is 23.0 Å². The molecule has 7 nitrogen and oxygen atoms in total. The highest BCUT2D eigenvalue weighted by molar-refractivity contribution is 5.78. The zero-order chi connectivity index (χ0) is 26.0. The highest BCUT2D eigenvalue weighted by Gasteiger charge is 2.35. The summed E-state index contributed by atoms with van der Waals surface area (Å²) in [6, 6.07) is 14.2. The van der Waals surface area contributed by atoms with Gasteiger partial charge in [0, 0.05) is 25.7 Å². The Labute approximate surface area is 221 Å². The van der Waals surface area contributed by atoms with Crippen molar-refractivity contribution in [2.75, 3.05) is 46.7 Å². The van der Waals surface area contributed by atoms with Crippen molar-refractivity contribution < 1.29 is 23.7 Å². The molecule has 2 aliphatic heterocycles. The maximum atomic E-state index is 13.4. The van der Waals surface area contributed by atoms with Gasteiger partial charge in [0.25, 0.3) is 0 Å². The van der Waals surface area contributed by atoms with E-state index < -0.39 is 0 Å². The lowest BCUT2D eigenvalue weighted by atomic mass is 9.95. The van der Waals surface area contributed by atoms with Crippen molar-refractivity contribution >= 4 is 5.91 Å². The molecule has 2 unspecified atom stereocenters. The molecule has 2 aromatic carbocycles. The SMILES string of the molecule is CCCCN(CCCC)C(=O)CN1CC(c2ccc3c(c2)OCO3)CC1CCOc1ccccc1OC. The average molecular weight is 511 g/mol. The van der Waals surface area contributed by atoms with Gasteiger partial charge in [0.1, 0.15) is 0 Å². The van der Waals surface area contributed by atoms with E-state index in [0.29, 0.717) is 19.1 Å². The number of para-hydroxylation sites is 2. The molecular formula is C30H42N2O5. The fourth-order valence-electron chi connectivity index (χ4n) is 5.26. The maximum Gasteiger partial charge on any atom is 0.236 e. The minimum atomic E-state index is 0.240. The molecule has 0 aliphatic carbocycles. The number of nitrogens with zero attached hydrogens (tertiary/aromatic N) is 2. The van der Waals surface area contributed by atoms with Crippen LogP contribution in [0.1, 0.15) is 63.9 Å². The minimum Gasteiger partial charge on any atom is -0.493 e. The van der Waals surface area contributed by atoms with E-state index in [1.165, 1.54) is 5.56 Å². The van der Waals surface area contributed by atoms with Gasteiger partial charge in [0.05, 0.1) is 20.3 Å². The average Bonchev–Trinajstić information content (AvgIpc) is 3.55. The van der Waals surface area contributed by atoms with Crippen LogP contribution in [-0.2, 0) is 4.79 Å². The van der Waals surface area contributed by atoms with Gasteiger partial charge in [-0.25, -0.2) is 0 Å². The van der Waals surface area contributed by atoms with Crippen LogP contribution < -0.4 is 18.9 Å². The van der Waals surface area contributed by atoms with E-state index in [0.717, 1.165) is 81.2 Å². The van der Waals surface area contributed by atoms with Gasteiger partial charge in [-0.1, -0.05) is 44.9 Å². The van der Waals surface area contributed by atoms with Gasteiger partial charge in [-0.2, -0.15) is 0 Å². The van der Waals surface area contributed by atoms with E-state index in [2.05, 4.69) is 35.8 Å². The molecule has 2 aromatic rings. The fourth-order valence-corrected chi connectivity index (χ4v) is 5.26. The van der Waals surface area contributed by atoms with Gasteiger partial charge in [-0.3, -0.25) is 9.69 Å². The molecule has 1 fully saturated rings. The number of unbranched alkanes of at least 4 members (excludes halogenated alkanes) is 2. The van der Waals surface area contributed by atoms with Gasteiger partial charge < -0.3 is 23.8 Å². The first-order valence-corrected chi connectivity index (χ1v) is 13.8. The molecule has 0 spiro atoms. The van der Waals surface area contributed by atoms with E-state index in [-0.39, 0.29) is 18.7 Å². The number of amides is 1. The molecule has 0 N–H and O–H groups in total. The Balaban J connectivity index is 1.44. The van der Waals surface area contributed by atoms with E-state index in [4.69, 9.17) is 18.9 Å². The summed E-state index contributed by atoms with van der Waals surface area (Å²) in [5.41, 5.74) is 1.24. The standard InChI is InChI=1S/C30H42N2O5/c1-4-6-15-31(16-7-5-2)30(33)21-32-20-24(23-12-13-28-29(19-23)37-22-36-28)18-25(32)14-17-35-27-11-9-8-10-26(27)34-3/h8-13,19,24-25H,4-7,14-18,20-22H2,1-3H3. The zero-order valence-corrected chi connectivity index (χ0v) is 22.6. The molecule has 0 aromatic heterocycles. The quantitative estimate of drug-likeness (QED) is 0.335. The summed E-state index contributed by atoms with van der Waals surface area (Å²) in [6.45, 7) is 8.19. The molecule has 0 saturated carbocycles. The fraction of sp³-hybridized carbons (Fsp3) is 0.567. The summed E-state index contributed by atoms with van der Waals surface area (Å²) >= 11 is 0. The monoisotopic (exact) mass is 510 g/mol. The number of benzene rings is 2. The zero-order valence-electron chi connectivity index (χ0n) is 22.6. The molecule has 7 heteroatoms. The molecular weight excluding hydrogens is 468 g/mol. The Morgan fingerprint density at radius 2 is 1.76 bits per heavy atom. The van der Waals surface area contributed by atoms with Crippen LogP contribution in [-0.4, -0.2) is 68.4 Å². The van der Waals surface area contributed by atoms with Crippen molar-refractivity contribution in [2.24, 2.45) is 0 Å². The molecule has 4 rings (SSSR count). The second-order valence-corrected chi connectivity index (χ2v) is 10.0. The van der Waals surface area contributed by atoms with Gasteiger partial charge in [0.15, 0.2) is 23.0 Å². The van der Waals surface area contributed by atoms with Crippen LogP contribution in [0.3, 0.4) is 0 Å². The maximum absolute atomic E-state index is 13.4. The summed E-state index contributed by atoms with van der Waals surface area (Å²) in [6.07, 6.45) is 6.10. The predicted octanol–water partition coefficient (Wildman–Crippen LogP) is 5.48. The van der Waals surface area contributed by atoms with Crippen LogP contribution in [0.5, 0.6) is 23.0 Å². The summed E-state index contributed by atoms with van der Waals surface area (Å²) < 4.78 is 22.7. The number of likely N-dealkylation sites (tertiary alicyclic amines) is 1. The van der Waals surface area contributed by atoms with Crippen LogP contribution in [0.15, 0.2) is 42.5 Å². The molecule has 202 valence electrons. The molecule has 2 heterocycles. The van der Waals surface area contributed by atoms with E-state index in [9.17, 15) is 4.79 Å². The highest BCUT2D eigenvalue weighted by atomic mass is 16.7. The molecule has 2 aliphatic rings. The van der Waals surface area contributed by atoms with Crippen molar-refractivity contribution in [3.05, 3.63) is 48.0 Å². The first-order chi connectivity index (χ1) is 18.1. The Hall–Kier alpha value is -2.93. The number of carbonyl (C=O) groups excluding carboxylic acids is 1. The first kappa shape index (κ1) is 27.1. The lowest BCUT2D eigenvalue weighted by Gasteiger charge is -2.28. The summed E-state index contributed by atoms with van der Waals surface area (Å²) in [5.74, 6) is 3.68. The van der Waals surface area contributed by atoms with E-state index in [1.807, 2.05) is 30.3 Å². The summed E-state index contributed by atoms with van der Waals surface area (Å²) in [4.78, 5) is 17.9. The van der Waals surface area contributed by atoms with Crippen LogP contribution >= 0.6 is 0 Å². The Morgan fingerprint density at radius 1 is 1.03 bits per heavy atom. The van der Waals surface area contributed by atoms with E-state index in [1.54, 1.807) is 7.11 Å². The molecule has 1 amide bonds. The van der Waals surface area contributed by atoms with Gasteiger partial charge in [0.2, 0.25) is 12.7 Å². The number of ether oxygens (including phenoxy) is 4. The third-order valence-corrected chi connectivity index (χ3v) is 7.43. The number of hydrogen-bond acceptors (Lipinski definition) is 6. The van der Waals surface area contributed by atoms with Crippen molar-refractivity contribution in [1.29, 1.82) is 0 Å². The Bertz CT molecular complexity index is 1010. The number of rotatable bonds is 14. The summed E-state index contributed by atoms with van der Waals surface area (Å²) in [7, 11) is 1.66. The second-order valence-electron chi connectivity index (χ2n) is 10.0. The molecule has 0 bridgehead atoms. The van der Waals surface area contributed by atoms with Crippen molar-refractivity contribution in [2.45, 2.75) is 64.3 Å². The van der Waals surface area contributed by atoms with Crippen LogP contribution in [0.2, 0.25) is 0 Å². The Morgan fingerprint density at radius 3 is 2.49 bits per heavy atom. The predicted molar refractivity (Wildman–Crippen MR) is 145 cm³/mol. The minimum absolute atomic E-state index is 0.240. The number of fused-ring (bicyclic) bond motifs is 1. The van der Waals surface area contributed by atoms with Gasteiger partial charge in [-0.05, 0) is 61.4 Å². The molecule has 2 atom stereocenters. The molecule has 1 saturated heterocycles.